The lowest BCUT2D eigenvalue weighted by Crippen LogP contribution is -2.12. The third-order valence-corrected chi connectivity index (χ3v) is 4.10. The van der Waals surface area contributed by atoms with E-state index in [2.05, 4.69) is 46.9 Å². The van der Waals surface area contributed by atoms with Crippen LogP contribution in [-0.4, -0.2) is 11.5 Å². The fraction of sp³-hybridized carbons (Fsp3) is 0.143. The molecule has 1 aromatic carbocycles. The minimum Gasteiger partial charge on any atom is -0.361 e. The number of rotatable bonds is 3. The van der Waals surface area contributed by atoms with Gasteiger partial charge in [-0.1, -0.05) is 24.3 Å². The van der Waals surface area contributed by atoms with Crippen molar-refractivity contribution in [3.05, 3.63) is 58.4 Å². The van der Waals surface area contributed by atoms with Crippen LogP contribution in [0.15, 0.2) is 48.0 Å². The second-order valence-corrected chi connectivity index (χ2v) is 5.07. The highest BCUT2D eigenvalue weighted by Gasteiger charge is 2.16. The number of fused-ring (bicyclic) bond motifs is 1. The molecule has 86 valence electrons. The first-order valence-corrected chi connectivity index (χ1v) is 6.57. The Balaban J connectivity index is 2.13. The molecule has 2 nitrogen and oxygen atoms in total. The predicted molar refractivity (Wildman–Crippen MR) is 73.5 cm³/mol. The Bertz CT molecular complexity index is 610. The van der Waals surface area contributed by atoms with Crippen molar-refractivity contribution < 1.29 is 0 Å². The van der Waals surface area contributed by atoms with Gasteiger partial charge >= 0.3 is 0 Å². The topological polar surface area (TPSA) is 41.8 Å². The van der Waals surface area contributed by atoms with Gasteiger partial charge in [-0.25, -0.2) is 0 Å². The first kappa shape index (κ1) is 10.6. The summed E-state index contributed by atoms with van der Waals surface area (Å²) in [4.78, 5) is 4.64. The summed E-state index contributed by atoms with van der Waals surface area (Å²) in [7, 11) is 0. The first-order chi connectivity index (χ1) is 8.40. The van der Waals surface area contributed by atoms with Gasteiger partial charge in [-0.3, -0.25) is 0 Å². The lowest BCUT2D eigenvalue weighted by molar-refractivity contribution is 0.842. The average molecular weight is 242 g/mol. The van der Waals surface area contributed by atoms with Crippen LogP contribution in [0.25, 0.3) is 10.9 Å². The van der Waals surface area contributed by atoms with Gasteiger partial charge in [-0.2, -0.15) is 0 Å². The van der Waals surface area contributed by atoms with E-state index < -0.39 is 0 Å². The molecule has 0 radical (unpaired) electrons. The molecule has 3 heteroatoms. The van der Waals surface area contributed by atoms with Gasteiger partial charge in [0.1, 0.15) is 0 Å². The molecule has 3 aromatic rings. The second-order valence-electron chi connectivity index (χ2n) is 4.09. The summed E-state index contributed by atoms with van der Waals surface area (Å²) in [5.74, 6) is 0.297. The third kappa shape index (κ3) is 1.77. The maximum absolute atomic E-state index is 5.94. The van der Waals surface area contributed by atoms with E-state index in [1.807, 2.05) is 6.07 Å². The number of hydrogen-bond donors (Lipinski definition) is 2. The number of nitrogens with one attached hydrogen (secondary N) is 1. The number of benzene rings is 1. The number of aromatic nitrogens is 1. The SMILES string of the molecule is NC[C@@H](c1cccs1)c1c[nH]c2ccccc12. The average Bonchev–Trinajstić information content (AvgIpc) is 3.01. The molecule has 1 atom stereocenters. The molecule has 3 N–H and O–H groups in total. The molecule has 0 aliphatic rings. The summed E-state index contributed by atoms with van der Waals surface area (Å²) < 4.78 is 0. The highest BCUT2D eigenvalue weighted by molar-refractivity contribution is 7.10. The summed E-state index contributed by atoms with van der Waals surface area (Å²) in [6.07, 6.45) is 2.09. The van der Waals surface area contributed by atoms with Crippen LogP contribution < -0.4 is 5.73 Å². The van der Waals surface area contributed by atoms with Crippen LogP contribution in [0.3, 0.4) is 0 Å². The molecule has 0 spiro atoms. The smallest absolute Gasteiger partial charge is 0.0457 e. The van der Waals surface area contributed by atoms with Crippen molar-refractivity contribution in [3.8, 4) is 0 Å². The number of H-pyrrole nitrogens is 1. The Morgan fingerprint density at radius 2 is 2.06 bits per heavy atom. The van der Waals surface area contributed by atoms with Gasteiger partial charge in [-0.15, -0.1) is 11.3 Å². The second kappa shape index (κ2) is 4.35. The zero-order chi connectivity index (χ0) is 11.7. The van der Waals surface area contributed by atoms with E-state index in [0.717, 1.165) is 0 Å². The van der Waals surface area contributed by atoms with Crippen molar-refractivity contribution in [1.82, 2.24) is 4.98 Å². The molecular weight excluding hydrogens is 228 g/mol. The minimum absolute atomic E-state index is 0.297. The van der Waals surface area contributed by atoms with Crippen molar-refractivity contribution >= 4 is 22.2 Å². The van der Waals surface area contributed by atoms with Crippen LogP contribution in [0.2, 0.25) is 0 Å². The van der Waals surface area contributed by atoms with E-state index >= 15 is 0 Å². The van der Waals surface area contributed by atoms with Crippen molar-refractivity contribution in [1.29, 1.82) is 0 Å². The number of hydrogen-bond acceptors (Lipinski definition) is 2. The zero-order valence-electron chi connectivity index (χ0n) is 9.39. The Hall–Kier alpha value is -1.58. The lowest BCUT2D eigenvalue weighted by Gasteiger charge is -2.11. The summed E-state index contributed by atoms with van der Waals surface area (Å²) in [5.41, 5.74) is 8.41. The molecule has 0 amide bonds. The fourth-order valence-electron chi connectivity index (χ4n) is 2.27. The zero-order valence-corrected chi connectivity index (χ0v) is 10.2. The molecule has 0 fully saturated rings. The monoisotopic (exact) mass is 242 g/mol. The molecule has 0 aliphatic carbocycles. The fourth-order valence-corrected chi connectivity index (χ4v) is 3.13. The predicted octanol–water partition coefficient (Wildman–Crippen LogP) is 3.32. The molecule has 3 rings (SSSR count). The van der Waals surface area contributed by atoms with Gasteiger partial charge < -0.3 is 10.7 Å². The Kier molecular flexibility index (Phi) is 2.71. The Labute approximate surface area is 104 Å². The summed E-state index contributed by atoms with van der Waals surface area (Å²) in [5, 5.41) is 3.38. The van der Waals surface area contributed by atoms with Crippen molar-refractivity contribution in [2.24, 2.45) is 5.73 Å². The normalized spacial score (nSPS) is 13.0. The van der Waals surface area contributed by atoms with Crippen molar-refractivity contribution in [3.63, 3.8) is 0 Å². The lowest BCUT2D eigenvalue weighted by atomic mass is 9.97. The summed E-state index contributed by atoms with van der Waals surface area (Å²) >= 11 is 1.77. The van der Waals surface area contributed by atoms with Crippen LogP contribution in [0, 0.1) is 0 Å². The minimum atomic E-state index is 0.297. The highest BCUT2D eigenvalue weighted by atomic mass is 32.1. The number of aromatic amines is 1. The summed E-state index contributed by atoms with van der Waals surface area (Å²) in [6, 6.07) is 12.6. The largest absolute Gasteiger partial charge is 0.361 e. The molecule has 2 aromatic heterocycles. The number of para-hydroxylation sites is 1. The van der Waals surface area contributed by atoms with Crippen molar-refractivity contribution in [2.75, 3.05) is 6.54 Å². The van der Waals surface area contributed by atoms with Gasteiger partial charge in [-0.05, 0) is 23.1 Å². The van der Waals surface area contributed by atoms with E-state index in [0.29, 0.717) is 12.5 Å². The van der Waals surface area contributed by atoms with E-state index in [9.17, 15) is 0 Å². The van der Waals surface area contributed by atoms with Crippen molar-refractivity contribution in [2.45, 2.75) is 5.92 Å². The van der Waals surface area contributed by atoms with E-state index in [4.69, 9.17) is 5.73 Å². The van der Waals surface area contributed by atoms with Crippen LogP contribution in [0.1, 0.15) is 16.4 Å². The quantitative estimate of drug-likeness (QED) is 0.727. The van der Waals surface area contributed by atoms with E-state index in [1.54, 1.807) is 11.3 Å². The molecule has 0 aliphatic heterocycles. The summed E-state index contributed by atoms with van der Waals surface area (Å²) in [6.45, 7) is 0.641. The molecule has 0 unspecified atom stereocenters. The Morgan fingerprint density at radius 3 is 2.82 bits per heavy atom. The van der Waals surface area contributed by atoms with E-state index in [1.165, 1.54) is 21.3 Å². The van der Waals surface area contributed by atoms with E-state index in [-0.39, 0.29) is 0 Å². The van der Waals surface area contributed by atoms with Gasteiger partial charge in [0.15, 0.2) is 0 Å². The van der Waals surface area contributed by atoms with Crippen LogP contribution in [-0.2, 0) is 0 Å². The third-order valence-electron chi connectivity index (χ3n) is 3.12. The van der Waals surface area contributed by atoms with Gasteiger partial charge in [0.05, 0.1) is 0 Å². The van der Waals surface area contributed by atoms with Crippen LogP contribution >= 0.6 is 11.3 Å². The first-order valence-electron chi connectivity index (χ1n) is 5.69. The highest BCUT2D eigenvalue weighted by Crippen LogP contribution is 2.32. The van der Waals surface area contributed by atoms with Gasteiger partial charge in [0.2, 0.25) is 0 Å². The Morgan fingerprint density at radius 1 is 1.18 bits per heavy atom. The number of nitrogens with two attached hydrogens (primary N) is 1. The van der Waals surface area contributed by atoms with Crippen LogP contribution in [0.4, 0.5) is 0 Å². The maximum atomic E-state index is 5.94. The van der Waals surface area contributed by atoms with Crippen LogP contribution in [0.5, 0.6) is 0 Å². The molecule has 0 saturated heterocycles. The molecule has 17 heavy (non-hydrogen) atoms. The molecule has 0 bridgehead atoms. The standard InChI is InChI=1S/C14H14N2S/c15-8-11(14-6-3-7-17-14)12-9-16-13-5-2-1-4-10(12)13/h1-7,9,11,16H,8,15H2/t11-/m1/s1. The van der Waals surface area contributed by atoms with Gasteiger partial charge in [0, 0.05) is 34.4 Å². The molecular formula is C14H14N2S. The maximum Gasteiger partial charge on any atom is 0.0457 e. The van der Waals surface area contributed by atoms with Gasteiger partial charge in [0.25, 0.3) is 0 Å². The molecule has 2 heterocycles. The molecule has 0 saturated carbocycles. The number of thiophene rings is 1.